The van der Waals surface area contributed by atoms with Gasteiger partial charge in [0.1, 0.15) is 17.1 Å². The van der Waals surface area contributed by atoms with E-state index in [1.807, 2.05) is 19.1 Å². The standard InChI is InChI=1S/C24H27N3O7/c1-4-15-8-10-17(11-9-15)25-20(28)14-34-24(31)16-12-21(29)27(13-16)26-23(30)22-18(32-2)6-5-7-19(22)33-3/h5-11,16H,4,12-14H2,1-3H3,(H,25,28)(H,26,30)/t16-/m1/s1. The zero-order chi connectivity index (χ0) is 24.7. The Morgan fingerprint density at radius 1 is 1.03 bits per heavy atom. The van der Waals surface area contributed by atoms with E-state index < -0.39 is 36.2 Å². The average Bonchev–Trinajstić information content (AvgIpc) is 3.22. The number of esters is 1. The Hall–Kier alpha value is -4.08. The maximum atomic E-state index is 12.8. The smallest absolute Gasteiger partial charge is 0.311 e. The number of methoxy groups -OCH3 is 2. The Bertz CT molecular complexity index is 1050. The van der Waals surface area contributed by atoms with Gasteiger partial charge in [-0.3, -0.25) is 29.6 Å². The second-order valence-corrected chi connectivity index (χ2v) is 7.59. The third-order valence-corrected chi connectivity index (χ3v) is 5.34. The summed E-state index contributed by atoms with van der Waals surface area (Å²) in [6.07, 6.45) is 0.734. The number of aryl methyl sites for hydroxylation is 1. The highest BCUT2D eigenvalue weighted by molar-refractivity contribution is 6.01. The highest BCUT2D eigenvalue weighted by Crippen LogP contribution is 2.28. The van der Waals surface area contributed by atoms with Crippen molar-refractivity contribution in [1.29, 1.82) is 0 Å². The molecule has 1 heterocycles. The highest BCUT2D eigenvalue weighted by Gasteiger charge is 2.37. The molecular formula is C24H27N3O7. The molecule has 0 bridgehead atoms. The van der Waals surface area contributed by atoms with Gasteiger partial charge in [0, 0.05) is 12.1 Å². The molecule has 0 spiro atoms. The van der Waals surface area contributed by atoms with Gasteiger partial charge in [0.25, 0.3) is 11.8 Å². The number of carbonyl (C=O) groups excluding carboxylic acids is 4. The molecule has 0 radical (unpaired) electrons. The van der Waals surface area contributed by atoms with Crippen LogP contribution in [0, 0.1) is 5.92 Å². The van der Waals surface area contributed by atoms with Crippen LogP contribution >= 0.6 is 0 Å². The zero-order valence-corrected chi connectivity index (χ0v) is 19.3. The Balaban J connectivity index is 1.53. The predicted octanol–water partition coefficient (Wildman–Crippen LogP) is 1.94. The third-order valence-electron chi connectivity index (χ3n) is 5.34. The van der Waals surface area contributed by atoms with Crippen molar-refractivity contribution in [2.75, 3.05) is 32.7 Å². The van der Waals surface area contributed by atoms with E-state index in [9.17, 15) is 19.2 Å². The first kappa shape index (κ1) is 24.6. The lowest BCUT2D eigenvalue weighted by molar-refractivity contribution is -0.151. The second kappa shape index (κ2) is 11.2. The van der Waals surface area contributed by atoms with Gasteiger partial charge in [0.2, 0.25) is 5.91 Å². The van der Waals surface area contributed by atoms with Crippen molar-refractivity contribution in [1.82, 2.24) is 10.4 Å². The number of amides is 3. The van der Waals surface area contributed by atoms with Crippen molar-refractivity contribution >= 4 is 29.4 Å². The molecule has 1 aliphatic rings. The normalized spacial score (nSPS) is 15.0. The van der Waals surface area contributed by atoms with Gasteiger partial charge in [-0.1, -0.05) is 25.1 Å². The zero-order valence-electron chi connectivity index (χ0n) is 19.3. The molecule has 2 aromatic rings. The van der Waals surface area contributed by atoms with Gasteiger partial charge in [-0.2, -0.15) is 0 Å². The Morgan fingerprint density at radius 3 is 2.26 bits per heavy atom. The van der Waals surface area contributed by atoms with Crippen LogP contribution in [0.15, 0.2) is 42.5 Å². The van der Waals surface area contributed by atoms with Crippen molar-refractivity contribution in [3.63, 3.8) is 0 Å². The molecule has 34 heavy (non-hydrogen) atoms. The van der Waals surface area contributed by atoms with Gasteiger partial charge in [-0.25, -0.2) is 0 Å². The number of benzene rings is 2. The molecule has 1 fully saturated rings. The molecule has 0 unspecified atom stereocenters. The highest BCUT2D eigenvalue weighted by atomic mass is 16.5. The first-order valence-electron chi connectivity index (χ1n) is 10.7. The molecule has 1 aliphatic heterocycles. The van der Waals surface area contributed by atoms with E-state index in [-0.39, 0.29) is 30.0 Å². The number of rotatable bonds is 9. The van der Waals surface area contributed by atoms with E-state index >= 15 is 0 Å². The van der Waals surface area contributed by atoms with E-state index in [1.54, 1.807) is 30.3 Å². The number of carbonyl (C=O) groups is 4. The maximum absolute atomic E-state index is 12.8. The van der Waals surface area contributed by atoms with Crippen LogP contribution in [0.5, 0.6) is 11.5 Å². The Kier molecular flexibility index (Phi) is 8.07. The first-order chi connectivity index (χ1) is 16.4. The summed E-state index contributed by atoms with van der Waals surface area (Å²) < 4.78 is 15.5. The van der Waals surface area contributed by atoms with Gasteiger partial charge in [0.15, 0.2) is 6.61 Å². The second-order valence-electron chi connectivity index (χ2n) is 7.59. The van der Waals surface area contributed by atoms with Crippen LogP contribution in [0.1, 0.15) is 29.3 Å². The summed E-state index contributed by atoms with van der Waals surface area (Å²) in [6.45, 7) is 1.47. The minimum atomic E-state index is -0.816. The Morgan fingerprint density at radius 2 is 1.68 bits per heavy atom. The summed E-state index contributed by atoms with van der Waals surface area (Å²) in [5.41, 5.74) is 4.33. The molecule has 10 nitrogen and oxygen atoms in total. The van der Waals surface area contributed by atoms with E-state index in [1.165, 1.54) is 14.2 Å². The molecule has 3 amide bonds. The lowest BCUT2D eigenvalue weighted by Crippen LogP contribution is -2.43. The number of hydrogen-bond donors (Lipinski definition) is 2. The Labute approximate surface area is 197 Å². The molecule has 1 saturated heterocycles. The SMILES string of the molecule is CCc1ccc(NC(=O)COC(=O)[C@@H]2CC(=O)N(NC(=O)c3c(OC)cccc3OC)C2)cc1. The lowest BCUT2D eigenvalue weighted by atomic mass is 10.1. The summed E-state index contributed by atoms with van der Waals surface area (Å²) in [5.74, 6) is -2.53. The number of hydrazine groups is 1. The van der Waals surface area contributed by atoms with Crippen LogP contribution in [-0.2, 0) is 25.5 Å². The summed E-state index contributed by atoms with van der Waals surface area (Å²) >= 11 is 0. The number of anilines is 1. The minimum Gasteiger partial charge on any atom is -0.496 e. The van der Waals surface area contributed by atoms with Crippen molar-refractivity contribution < 1.29 is 33.4 Å². The number of nitrogens with zero attached hydrogens (tertiary/aromatic N) is 1. The summed E-state index contributed by atoms with van der Waals surface area (Å²) in [7, 11) is 2.82. The number of nitrogens with one attached hydrogen (secondary N) is 2. The summed E-state index contributed by atoms with van der Waals surface area (Å²) in [4.78, 5) is 49.6. The average molecular weight is 469 g/mol. The van der Waals surface area contributed by atoms with Crippen LogP contribution in [0.2, 0.25) is 0 Å². The molecule has 2 aromatic carbocycles. The first-order valence-corrected chi connectivity index (χ1v) is 10.7. The van der Waals surface area contributed by atoms with Gasteiger partial charge < -0.3 is 19.5 Å². The van der Waals surface area contributed by atoms with Crippen LogP contribution in [0.25, 0.3) is 0 Å². The van der Waals surface area contributed by atoms with Crippen LogP contribution in [0.3, 0.4) is 0 Å². The largest absolute Gasteiger partial charge is 0.496 e. The molecule has 0 aromatic heterocycles. The van der Waals surface area contributed by atoms with Crippen LogP contribution < -0.4 is 20.2 Å². The number of hydrogen-bond acceptors (Lipinski definition) is 7. The molecule has 180 valence electrons. The monoisotopic (exact) mass is 469 g/mol. The molecule has 0 saturated carbocycles. The van der Waals surface area contributed by atoms with Crippen molar-refractivity contribution in [3.05, 3.63) is 53.6 Å². The summed E-state index contributed by atoms with van der Waals surface area (Å²) in [5, 5.41) is 3.70. The van der Waals surface area contributed by atoms with E-state index in [0.717, 1.165) is 17.0 Å². The topological polar surface area (TPSA) is 123 Å². The maximum Gasteiger partial charge on any atom is 0.311 e. The van der Waals surface area contributed by atoms with E-state index in [2.05, 4.69) is 10.7 Å². The van der Waals surface area contributed by atoms with E-state index in [4.69, 9.17) is 14.2 Å². The predicted molar refractivity (Wildman–Crippen MR) is 122 cm³/mol. The van der Waals surface area contributed by atoms with E-state index in [0.29, 0.717) is 5.69 Å². The van der Waals surface area contributed by atoms with Crippen molar-refractivity contribution in [2.45, 2.75) is 19.8 Å². The fraction of sp³-hybridized carbons (Fsp3) is 0.333. The van der Waals surface area contributed by atoms with Gasteiger partial charge >= 0.3 is 5.97 Å². The quantitative estimate of drug-likeness (QED) is 0.538. The lowest BCUT2D eigenvalue weighted by Gasteiger charge is -2.19. The fourth-order valence-electron chi connectivity index (χ4n) is 3.50. The van der Waals surface area contributed by atoms with Crippen molar-refractivity contribution in [3.8, 4) is 11.5 Å². The molecule has 0 aliphatic carbocycles. The van der Waals surface area contributed by atoms with Gasteiger partial charge in [-0.05, 0) is 36.2 Å². The van der Waals surface area contributed by atoms with Gasteiger partial charge in [0.05, 0.1) is 26.7 Å². The molecule has 10 heteroatoms. The van der Waals surface area contributed by atoms with Crippen LogP contribution in [-0.4, -0.2) is 56.1 Å². The van der Waals surface area contributed by atoms with Gasteiger partial charge in [-0.15, -0.1) is 0 Å². The minimum absolute atomic E-state index is 0.0824. The fourth-order valence-corrected chi connectivity index (χ4v) is 3.50. The molecule has 1 atom stereocenters. The van der Waals surface area contributed by atoms with Crippen molar-refractivity contribution in [2.24, 2.45) is 5.92 Å². The summed E-state index contributed by atoms with van der Waals surface area (Å²) in [6, 6.07) is 12.2. The third kappa shape index (κ3) is 5.83. The van der Waals surface area contributed by atoms with Crippen LogP contribution in [0.4, 0.5) is 5.69 Å². The number of ether oxygens (including phenoxy) is 3. The molecule has 2 N–H and O–H groups in total. The molecular weight excluding hydrogens is 442 g/mol. The molecule has 3 rings (SSSR count).